The summed E-state index contributed by atoms with van der Waals surface area (Å²) in [4.78, 5) is 25.0. The van der Waals surface area contributed by atoms with E-state index in [9.17, 15) is 9.59 Å². The monoisotopic (exact) mass is 529 g/mol. The van der Waals surface area contributed by atoms with Crippen LogP contribution in [0, 0.1) is 17.8 Å². The molecule has 1 aromatic carbocycles. The van der Waals surface area contributed by atoms with Gasteiger partial charge in [-0.05, 0) is 112 Å². The Kier molecular flexibility index (Phi) is 10.4. The number of nitrogens with one attached hydrogen (secondary N) is 3. The van der Waals surface area contributed by atoms with E-state index < -0.39 is 5.91 Å². The second-order valence-electron chi connectivity index (χ2n) is 11.4. The number of hydrogen-bond acceptors (Lipinski definition) is 7. The molecule has 0 spiro atoms. The highest BCUT2D eigenvalue weighted by Gasteiger charge is 2.28. The Labute approximate surface area is 224 Å². The number of benzene rings is 1. The zero-order valence-corrected chi connectivity index (χ0v) is 23.1. The zero-order valence-electron chi connectivity index (χ0n) is 22.3. The summed E-state index contributed by atoms with van der Waals surface area (Å²) in [6.45, 7) is 7.04. The molecule has 2 aliphatic rings. The van der Waals surface area contributed by atoms with E-state index in [4.69, 9.17) is 9.94 Å². The van der Waals surface area contributed by atoms with Crippen LogP contribution in [0.25, 0.3) is 10.1 Å². The van der Waals surface area contributed by atoms with Crippen LogP contribution in [0.3, 0.4) is 0 Å². The molecule has 2 aromatic rings. The van der Waals surface area contributed by atoms with Gasteiger partial charge in [-0.3, -0.25) is 14.8 Å². The maximum atomic E-state index is 12.8. The maximum Gasteiger partial charge on any atom is 0.323 e. The van der Waals surface area contributed by atoms with Gasteiger partial charge in [-0.2, -0.15) is 0 Å². The standard InChI is InChI=1S/C29H43N3O4S/c1-19(2)13-25(29(34)36-24-5-3-4-6-24)31-18-21-9-7-20(8-10-21)16-30-17-22-11-12-23-15-27(28(33)32-35)37-26(23)14-22/h11-12,14-15,19-21,24-25,30-31,35H,3-10,13,16-18H2,1-2H3,(H,32,33)/t20?,21?,25-/m0/s1. The first-order chi connectivity index (χ1) is 17.9. The van der Waals surface area contributed by atoms with E-state index in [1.807, 2.05) is 6.07 Å². The van der Waals surface area contributed by atoms with Gasteiger partial charge in [-0.15, -0.1) is 11.3 Å². The van der Waals surface area contributed by atoms with Crippen molar-refractivity contribution in [1.82, 2.24) is 16.1 Å². The van der Waals surface area contributed by atoms with Crippen LogP contribution < -0.4 is 16.1 Å². The quantitative estimate of drug-likeness (QED) is 0.167. The molecular weight excluding hydrogens is 486 g/mol. The lowest BCUT2D eigenvalue weighted by Gasteiger charge is -2.30. The van der Waals surface area contributed by atoms with E-state index in [1.54, 1.807) is 11.5 Å². The highest BCUT2D eigenvalue weighted by Crippen LogP contribution is 2.29. The third kappa shape index (κ3) is 8.24. The van der Waals surface area contributed by atoms with Gasteiger partial charge < -0.3 is 15.4 Å². The number of ether oxygens (including phenoxy) is 1. The van der Waals surface area contributed by atoms with E-state index in [-0.39, 0.29) is 18.1 Å². The molecule has 0 saturated heterocycles. The molecule has 1 atom stereocenters. The molecule has 37 heavy (non-hydrogen) atoms. The summed E-state index contributed by atoms with van der Waals surface area (Å²) < 4.78 is 6.87. The molecule has 0 unspecified atom stereocenters. The second-order valence-corrected chi connectivity index (χ2v) is 12.5. The summed E-state index contributed by atoms with van der Waals surface area (Å²) in [6.07, 6.45) is 10.2. The van der Waals surface area contributed by atoms with Crippen LogP contribution in [-0.2, 0) is 16.1 Å². The van der Waals surface area contributed by atoms with Crippen LogP contribution in [0.5, 0.6) is 0 Å². The molecule has 8 heteroatoms. The van der Waals surface area contributed by atoms with Crippen molar-refractivity contribution in [2.45, 2.75) is 90.3 Å². The van der Waals surface area contributed by atoms with E-state index in [1.165, 1.54) is 55.4 Å². The predicted molar refractivity (Wildman–Crippen MR) is 148 cm³/mol. The van der Waals surface area contributed by atoms with Crippen molar-refractivity contribution in [3.05, 3.63) is 34.7 Å². The van der Waals surface area contributed by atoms with Crippen LogP contribution >= 0.6 is 11.3 Å². The molecule has 0 aliphatic heterocycles. The topological polar surface area (TPSA) is 99.7 Å². The summed E-state index contributed by atoms with van der Waals surface area (Å²) >= 11 is 1.39. The van der Waals surface area contributed by atoms with Crippen molar-refractivity contribution in [3.63, 3.8) is 0 Å². The van der Waals surface area contributed by atoms with E-state index in [0.29, 0.717) is 22.6 Å². The Morgan fingerprint density at radius 3 is 2.41 bits per heavy atom. The molecule has 2 saturated carbocycles. The minimum Gasteiger partial charge on any atom is -0.461 e. The Bertz CT molecular complexity index is 1030. The molecular formula is C29H43N3O4S. The van der Waals surface area contributed by atoms with Gasteiger partial charge in [0.15, 0.2) is 0 Å². The lowest BCUT2D eigenvalue weighted by atomic mass is 9.81. The Morgan fingerprint density at radius 1 is 1.03 bits per heavy atom. The fourth-order valence-corrected chi connectivity index (χ4v) is 6.72. The number of fused-ring (bicyclic) bond motifs is 1. The Balaban J connectivity index is 1.16. The third-order valence-electron chi connectivity index (χ3n) is 7.87. The average Bonchev–Trinajstić information content (AvgIpc) is 3.56. The maximum absolute atomic E-state index is 12.8. The minimum absolute atomic E-state index is 0.0490. The summed E-state index contributed by atoms with van der Waals surface area (Å²) in [5.41, 5.74) is 2.90. The van der Waals surface area contributed by atoms with Crippen LogP contribution in [-0.4, -0.2) is 42.3 Å². The lowest BCUT2D eigenvalue weighted by Crippen LogP contribution is -2.43. The van der Waals surface area contributed by atoms with Crippen molar-refractivity contribution < 1.29 is 19.5 Å². The van der Waals surface area contributed by atoms with Crippen LogP contribution in [0.1, 0.15) is 86.9 Å². The fraction of sp³-hybridized carbons (Fsp3) is 0.655. The van der Waals surface area contributed by atoms with Gasteiger partial charge >= 0.3 is 5.97 Å². The summed E-state index contributed by atoms with van der Waals surface area (Å²) in [5, 5.41) is 17.1. The number of hydrogen-bond donors (Lipinski definition) is 4. The molecule has 4 N–H and O–H groups in total. The van der Waals surface area contributed by atoms with Crippen molar-refractivity contribution >= 4 is 33.3 Å². The van der Waals surface area contributed by atoms with Crippen LogP contribution in [0.2, 0.25) is 0 Å². The lowest BCUT2D eigenvalue weighted by molar-refractivity contribution is -0.151. The van der Waals surface area contributed by atoms with Gasteiger partial charge in [0.25, 0.3) is 5.91 Å². The van der Waals surface area contributed by atoms with Gasteiger partial charge in [0.1, 0.15) is 12.1 Å². The van der Waals surface area contributed by atoms with Crippen molar-refractivity contribution in [2.24, 2.45) is 17.8 Å². The Morgan fingerprint density at radius 2 is 1.73 bits per heavy atom. The van der Waals surface area contributed by atoms with Gasteiger partial charge in [0.05, 0.1) is 4.88 Å². The van der Waals surface area contributed by atoms with Gasteiger partial charge in [0.2, 0.25) is 0 Å². The van der Waals surface area contributed by atoms with Gasteiger partial charge in [0, 0.05) is 11.2 Å². The van der Waals surface area contributed by atoms with E-state index >= 15 is 0 Å². The van der Waals surface area contributed by atoms with E-state index in [0.717, 1.165) is 49.0 Å². The molecule has 1 heterocycles. The second kappa shape index (κ2) is 13.7. The van der Waals surface area contributed by atoms with Crippen molar-refractivity contribution in [2.75, 3.05) is 13.1 Å². The SMILES string of the molecule is CC(C)C[C@H](NCC1CCC(CNCc2ccc3cc(C(=O)NO)sc3c2)CC1)C(=O)OC1CCCC1. The molecule has 4 rings (SSSR count). The number of hydroxylamine groups is 1. The van der Waals surface area contributed by atoms with Crippen LogP contribution in [0.15, 0.2) is 24.3 Å². The summed E-state index contributed by atoms with van der Waals surface area (Å²) in [6, 6.07) is 7.87. The molecule has 7 nitrogen and oxygen atoms in total. The number of amides is 1. The average molecular weight is 530 g/mol. The summed E-state index contributed by atoms with van der Waals surface area (Å²) in [7, 11) is 0. The normalized spacial score (nSPS) is 21.4. The minimum atomic E-state index is -0.467. The molecule has 1 aromatic heterocycles. The predicted octanol–water partition coefficient (Wildman–Crippen LogP) is 5.41. The fourth-order valence-electron chi connectivity index (χ4n) is 5.71. The first-order valence-corrected chi connectivity index (χ1v) is 14.8. The van der Waals surface area contributed by atoms with Gasteiger partial charge in [-0.1, -0.05) is 26.0 Å². The highest BCUT2D eigenvalue weighted by molar-refractivity contribution is 7.20. The first-order valence-electron chi connectivity index (χ1n) is 14.0. The zero-order chi connectivity index (χ0) is 26.2. The summed E-state index contributed by atoms with van der Waals surface area (Å²) in [5.74, 6) is 1.24. The Hall–Kier alpha value is -2.00. The van der Waals surface area contributed by atoms with Gasteiger partial charge in [-0.25, -0.2) is 5.48 Å². The molecule has 2 fully saturated rings. The van der Waals surface area contributed by atoms with Crippen molar-refractivity contribution in [3.8, 4) is 0 Å². The third-order valence-corrected chi connectivity index (χ3v) is 8.96. The van der Waals surface area contributed by atoms with Crippen molar-refractivity contribution in [1.29, 1.82) is 0 Å². The van der Waals surface area contributed by atoms with Crippen LogP contribution in [0.4, 0.5) is 0 Å². The molecule has 2 aliphatic carbocycles. The molecule has 0 bridgehead atoms. The number of thiophene rings is 1. The first kappa shape index (κ1) is 28.0. The molecule has 0 radical (unpaired) electrons. The largest absolute Gasteiger partial charge is 0.461 e. The smallest absolute Gasteiger partial charge is 0.323 e. The number of carbonyl (C=O) groups is 2. The van der Waals surface area contributed by atoms with E-state index in [2.05, 4.69) is 36.6 Å². The number of rotatable bonds is 12. The molecule has 204 valence electrons. The molecule has 1 amide bonds. The number of esters is 1. The number of carbonyl (C=O) groups excluding carboxylic acids is 2. The highest BCUT2D eigenvalue weighted by atomic mass is 32.1.